The molecule has 0 aliphatic rings. The van der Waals surface area contributed by atoms with Crippen molar-refractivity contribution in [2.75, 3.05) is 0 Å². The van der Waals surface area contributed by atoms with Gasteiger partial charge in [-0.1, -0.05) is 78.4 Å². The van der Waals surface area contributed by atoms with Crippen molar-refractivity contribution < 1.29 is 9.59 Å². The van der Waals surface area contributed by atoms with Crippen LogP contribution in [-0.4, -0.2) is 11.6 Å². The lowest BCUT2D eigenvalue weighted by atomic mass is 10.1. The number of carbonyl (C=O) groups is 2. The average Bonchev–Trinajstić information content (AvgIpc) is 2.64. The highest BCUT2D eigenvalue weighted by molar-refractivity contribution is 7.79. The van der Waals surface area contributed by atoms with Crippen LogP contribution in [0.25, 0.3) is 0 Å². The van der Waals surface area contributed by atoms with Gasteiger partial charge in [0.25, 0.3) is 0 Å². The first-order valence-corrected chi connectivity index (χ1v) is 9.88. The number of benzene rings is 3. The Labute approximate surface area is 155 Å². The second kappa shape index (κ2) is 7.76. The molecule has 3 rings (SSSR count). The zero-order valence-electron chi connectivity index (χ0n) is 15.2. The van der Waals surface area contributed by atoms with Crippen molar-refractivity contribution >= 4 is 35.4 Å². The van der Waals surface area contributed by atoms with Crippen LogP contribution in [0, 0.1) is 6.92 Å². The normalized spacial score (nSPS) is 10.8. The molecule has 0 bridgehead atoms. The molecule has 2 nitrogen and oxygen atoms in total. The van der Waals surface area contributed by atoms with Gasteiger partial charge in [-0.15, -0.1) is 0 Å². The summed E-state index contributed by atoms with van der Waals surface area (Å²) in [7, 11) is -0.744. The zero-order chi connectivity index (χ0) is 18.7. The summed E-state index contributed by atoms with van der Waals surface area (Å²) in [4.78, 5) is 23.2. The number of Topliss-reactive ketones (excluding diaryl/α,β-unsaturated/α-hetero) is 2. The molecule has 0 amide bonds. The van der Waals surface area contributed by atoms with Crippen LogP contribution >= 0.6 is 7.92 Å². The molecule has 0 radical (unpaired) electrons. The van der Waals surface area contributed by atoms with Gasteiger partial charge in [0.1, 0.15) is 0 Å². The lowest BCUT2D eigenvalue weighted by Gasteiger charge is -2.20. The second-order valence-corrected chi connectivity index (χ2v) is 8.60. The molecule has 3 aromatic rings. The van der Waals surface area contributed by atoms with E-state index in [1.54, 1.807) is 13.8 Å². The summed E-state index contributed by atoms with van der Waals surface area (Å²) in [5, 5.41) is 3.62. The van der Waals surface area contributed by atoms with Gasteiger partial charge in [-0.3, -0.25) is 9.59 Å². The Kier molecular flexibility index (Phi) is 5.44. The Morgan fingerprint density at radius 2 is 0.885 bits per heavy atom. The van der Waals surface area contributed by atoms with Crippen molar-refractivity contribution in [1.82, 2.24) is 0 Å². The van der Waals surface area contributed by atoms with E-state index in [4.69, 9.17) is 0 Å². The summed E-state index contributed by atoms with van der Waals surface area (Å²) in [5.74, 6) is 0.143. The molecule has 0 atom stereocenters. The number of hydrogen-bond acceptors (Lipinski definition) is 2. The number of carbonyl (C=O) groups excluding carboxylic acids is 2. The lowest BCUT2D eigenvalue weighted by Crippen LogP contribution is -2.21. The highest BCUT2D eigenvalue weighted by Gasteiger charge is 2.17. The summed E-state index contributed by atoms with van der Waals surface area (Å²) >= 11 is 0. The van der Waals surface area contributed by atoms with E-state index >= 15 is 0 Å². The predicted molar refractivity (Wildman–Crippen MR) is 110 cm³/mol. The summed E-state index contributed by atoms with van der Waals surface area (Å²) in [5.41, 5.74) is 2.67. The van der Waals surface area contributed by atoms with Crippen LogP contribution in [0.15, 0.2) is 72.8 Å². The Bertz CT molecular complexity index is 866. The molecule has 0 aromatic heterocycles. The van der Waals surface area contributed by atoms with Crippen LogP contribution in [0.5, 0.6) is 0 Å². The molecule has 0 spiro atoms. The third-order valence-electron chi connectivity index (χ3n) is 4.36. The molecule has 0 N–H and O–H groups in total. The van der Waals surface area contributed by atoms with Gasteiger partial charge in [0.15, 0.2) is 11.6 Å². The summed E-state index contributed by atoms with van der Waals surface area (Å²) < 4.78 is 0. The van der Waals surface area contributed by atoms with Gasteiger partial charge in [-0.2, -0.15) is 0 Å². The molecule has 0 unspecified atom stereocenters. The first kappa shape index (κ1) is 18.2. The van der Waals surface area contributed by atoms with Crippen molar-refractivity contribution in [3.05, 3.63) is 89.5 Å². The molecular formula is C23H21O2P. The Morgan fingerprint density at radius 3 is 1.19 bits per heavy atom. The number of hydrogen-bond donors (Lipinski definition) is 0. The highest BCUT2D eigenvalue weighted by Crippen LogP contribution is 2.33. The Morgan fingerprint density at radius 1 is 0.577 bits per heavy atom. The third-order valence-corrected chi connectivity index (χ3v) is 6.80. The molecule has 130 valence electrons. The van der Waals surface area contributed by atoms with Gasteiger partial charge >= 0.3 is 0 Å². The standard InChI is InChI=1S/C23H21O2P/c1-16-4-10-21(11-5-16)26(22-12-6-19(7-13-22)17(2)24)23-14-8-20(9-15-23)18(3)25/h4-15H,1-3H3. The smallest absolute Gasteiger partial charge is 0.159 e. The van der Waals surface area contributed by atoms with Gasteiger partial charge < -0.3 is 0 Å². The fourth-order valence-corrected chi connectivity index (χ4v) is 5.07. The summed E-state index contributed by atoms with van der Waals surface area (Å²) in [6.07, 6.45) is 0. The van der Waals surface area contributed by atoms with Gasteiger partial charge in [-0.25, -0.2) is 0 Å². The summed E-state index contributed by atoms with van der Waals surface area (Å²) in [6.45, 7) is 5.24. The summed E-state index contributed by atoms with van der Waals surface area (Å²) in [6, 6.07) is 24.3. The highest BCUT2D eigenvalue weighted by atomic mass is 31.1. The van der Waals surface area contributed by atoms with Crippen molar-refractivity contribution in [1.29, 1.82) is 0 Å². The fourth-order valence-electron chi connectivity index (χ4n) is 2.83. The molecule has 26 heavy (non-hydrogen) atoms. The van der Waals surface area contributed by atoms with Crippen LogP contribution in [0.3, 0.4) is 0 Å². The van der Waals surface area contributed by atoms with E-state index in [0.717, 1.165) is 11.1 Å². The van der Waals surface area contributed by atoms with Crippen LogP contribution in [-0.2, 0) is 0 Å². The Hall–Kier alpha value is -2.57. The predicted octanol–water partition coefficient (Wildman–Crippen LogP) is 4.16. The maximum atomic E-state index is 11.6. The van der Waals surface area contributed by atoms with E-state index in [0.29, 0.717) is 0 Å². The molecule has 0 saturated heterocycles. The van der Waals surface area contributed by atoms with Gasteiger partial charge in [0, 0.05) is 11.1 Å². The monoisotopic (exact) mass is 360 g/mol. The van der Waals surface area contributed by atoms with E-state index in [1.807, 2.05) is 48.5 Å². The zero-order valence-corrected chi connectivity index (χ0v) is 16.1. The minimum atomic E-state index is -0.744. The first-order valence-electron chi connectivity index (χ1n) is 8.54. The van der Waals surface area contributed by atoms with E-state index in [9.17, 15) is 9.59 Å². The van der Waals surface area contributed by atoms with E-state index < -0.39 is 7.92 Å². The molecule has 0 fully saturated rings. The fraction of sp³-hybridized carbons (Fsp3) is 0.130. The second-order valence-electron chi connectivity index (χ2n) is 6.38. The lowest BCUT2D eigenvalue weighted by molar-refractivity contribution is 0.100. The molecule has 0 aliphatic heterocycles. The number of aryl methyl sites for hydroxylation is 1. The number of rotatable bonds is 5. The largest absolute Gasteiger partial charge is 0.295 e. The van der Waals surface area contributed by atoms with Crippen molar-refractivity contribution in [2.45, 2.75) is 20.8 Å². The molecule has 0 heterocycles. The quantitative estimate of drug-likeness (QED) is 0.506. The van der Waals surface area contributed by atoms with Crippen LogP contribution < -0.4 is 15.9 Å². The molecule has 3 aromatic carbocycles. The van der Waals surface area contributed by atoms with Crippen LogP contribution in [0.4, 0.5) is 0 Å². The molecule has 0 saturated carbocycles. The van der Waals surface area contributed by atoms with Crippen LogP contribution in [0.1, 0.15) is 40.1 Å². The molecule has 0 aliphatic carbocycles. The van der Waals surface area contributed by atoms with Crippen molar-refractivity contribution in [2.24, 2.45) is 0 Å². The van der Waals surface area contributed by atoms with Gasteiger partial charge in [-0.05, 0) is 44.6 Å². The first-order chi connectivity index (χ1) is 12.5. The average molecular weight is 360 g/mol. The maximum absolute atomic E-state index is 11.6. The minimum Gasteiger partial charge on any atom is -0.295 e. The molecule has 3 heteroatoms. The maximum Gasteiger partial charge on any atom is 0.159 e. The SMILES string of the molecule is CC(=O)c1ccc(P(c2ccc(C)cc2)c2ccc(C(C)=O)cc2)cc1. The van der Waals surface area contributed by atoms with Gasteiger partial charge in [0.2, 0.25) is 0 Å². The Balaban J connectivity index is 2.08. The van der Waals surface area contributed by atoms with E-state index in [1.165, 1.54) is 21.5 Å². The van der Waals surface area contributed by atoms with Crippen LogP contribution in [0.2, 0.25) is 0 Å². The van der Waals surface area contributed by atoms with E-state index in [2.05, 4.69) is 31.2 Å². The van der Waals surface area contributed by atoms with Gasteiger partial charge in [0.05, 0.1) is 0 Å². The van der Waals surface area contributed by atoms with E-state index in [-0.39, 0.29) is 11.6 Å². The minimum absolute atomic E-state index is 0.0713. The molecular weight excluding hydrogens is 339 g/mol. The van der Waals surface area contributed by atoms with Crippen molar-refractivity contribution in [3.8, 4) is 0 Å². The topological polar surface area (TPSA) is 34.1 Å². The number of ketones is 2. The third kappa shape index (κ3) is 3.98. The van der Waals surface area contributed by atoms with Crippen molar-refractivity contribution in [3.63, 3.8) is 0 Å².